The van der Waals surface area contributed by atoms with Crippen molar-refractivity contribution in [1.29, 1.82) is 0 Å². The number of hydrogen-bond donors (Lipinski definition) is 3. The third-order valence-corrected chi connectivity index (χ3v) is 13.9. The minimum absolute atomic E-state index is 0.0424. The summed E-state index contributed by atoms with van der Waals surface area (Å²) in [6.07, 6.45) is -0.243. The fourth-order valence-corrected chi connectivity index (χ4v) is 11.3. The van der Waals surface area contributed by atoms with Gasteiger partial charge in [-0.1, -0.05) is 54.9 Å². The second kappa shape index (κ2) is 14.4. The lowest BCUT2D eigenvalue weighted by Gasteiger charge is -2.37. The van der Waals surface area contributed by atoms with E-state index in [1.165, 1.54) is 0 Å². The molecule has 0 aliphatic carbocycles. The van der Waals surface area contributed by atoms with Crippen molar-refractivity contribution < 1.29 is 33.8 Å². The predicted molar refractivity (Wildman–Crippen MR) is 205 cm³/mol. The summed E-state index contributed by atoms with van der Waals surface area (Å²) in [5, 5.41) is 13.6. The van der Waals surface area contributed by atoms with Crippen molar-refractivity contribution in [1.82, 2.24) is 4.90 Å². The fourth-order valence-electron chi connectivity index (χ4n) is 8.56. The summed E-state index contributed by atoms with van der Waals surface area (Å²) in [6.45, 7) is 6.00. The van der Waals surface area contributed by atoms with E-state index < -0.39 is 31.5 Å². The van der Waals surface area contributed by atoms with Crippen LogP contribution >= 0.6 is 11.6 Å². The summed E-state index contributed by atoms with van der Waals surface area (Å²) >= 11 is 6.58. The Labute approximate surface area is 315 Å². The summed E-state index contributed by atoms with van der Waals surface area (Å²) in [6, 6.07) is 27.0. The van der Waals surface area contributed by atoms with Crippen molar-refractivity contribution in [3.8, 4) is 5.75 Å². The lowest BCUT2D eigenvalue weighted by molar-refractivity contribution is -0.151. The third-order valence-electron chi connectivity index (χ3n) is 11.1. The molecule has 3 aliphatic heterocycles. The Balaban J connectivity index is 1.14. The lowest BCUT2D eigenvalue weighted by atomic mass is 9.82. The van der Waals surface area contributed by atoms with Gasteiger partial charge in [-0.15, -0.1) is 0 Å². The molecule has 0 bridgehead atoms. The van der Waals surface area contributed by atoms with Crippen LogP contribution in [0.5, 0.6) is 5.75 Å². The number of nitrogens with one attached hydrogen (secondary N) is 1. The number of methoxy groups -OCH3 is 1. The average molecular weight is 754 g/mol. The smallest absolute Gasteiger partial charge is 0.264 e. The first-order chi connectivity index (χ1) is 25.3. The quantitative estimate of drug-likeness (QED) is 0.172. The number of ether oxygens (including phenoxy) is 2. The summed E-state index contributed by atoms with van der Waals surface area (Å²) in [5.41, 5.74) is 3.40. The number of carbonyl (C=O) groups is 3. The first-order valence-electron chi connectivity index (χ1n) is 17.9. The molecule has 3 N–H and O–H groups in total. The van der Waals surface area contributed by atoms with Gasteiger partial charge in [0.2, 0.25) is 5.91 Å². The van der Waals surface area contributed by atoms with Crippen molar-refractivity contribution in [2.45, 2.75) is 69.2 Å². The van der Waals surface area contributed by atoms with Crippen molar-refractivity contribution in [2.24, 2.45) is 5.92 Å². The van der Waals surface area contributed by atoms with Crippen molar-refractivity contribution in [2.75, 3.05) is 23.9 Å². The largest absolute Gasteiger partial charge is 0.497 e. The second-order valence-electron chi connectivity index (χ2n) is 14.8. The van der Waals surface area contributed by atoms with Crippen molar-refractivity contribution in [3.05, 3.63) is 124 Å². The van der Waals surface area contributed by atoms with Gasteiger partial charge in [-0.25, -0.2) is 0 Å². The summed E-state index contributed by atoms with van der Waals surface area (Å²) < 4.78 is 12.1. The Kier molecular flexibility index (Phi) is 9.98. The highest BCUT2D eigenvalue weighted by Crippen LogP contribution is 2.60. The Morgan fingerprint density at radius 1 is 1.02 bits per heavy atom. The number of benzene rings is 4. The van der Waals surface area contributed by atoms with E-state index in [4.69, 9.17) is 21.1 Å². The molecule has 0 aromatic heterocycles. The van der Waals surface area contributed by atoms with E-state index in [1.807, 2.05) is 62.5 Å². The van der Waals surface area contributed by atoms with E-state index in [9.17, 15) is 24.3 Å². The fraction of sp³-hybridized carbons (Fsp3) is 0.341. The number of rotatable bonds is 9. The van der Waals surface area contributed by atoms with Gasteiger partial charge in [-0.3, -0.25) is 14.4 Å². The van der Waals surface area contributed by atoms with Crippen LogP contribution in [0.2, 0.25) is 23.7 Å². The number of aliphatic hydroxyl groups is 1. The van der Waals surface area contributed by atoms with E-state index in [0.717, 1.165) is 16.7 Å². The molecule has 4 aromatic rings. The number of carbonyl (C=O) groups excluding carboxylic acids is 3. The zero-order chi connectivity index (χ0) is 37.7. The van der Waals surface area contributed by atoms with Crippen LogP contribution in [0.4, 0.5) is 11.4 Å². The van der Waals surface area contributed by atoms with Gasteiger partial charge in [0.1, 0.15) is 5.75 Å². The van der Waals surface area contributed by atoms with E-state index in [-0.39, 0.29) is 43.3 Å². The first-order valence-corrected chi connectivity index (χ1v) is 21.3. The molecule has 3 heterocycles. The molecule has 4 aromatic carbocycles. The highest BCUT2D eigenvalue weighted by Gasteiger charge is 2.66. The Bertz CT molecular complexity index is 2040. The molecule has 3 amide bonds. The SMILES string of the molecule is COc1ccc(C(=O)Nc2ccc(CN3C(=O)[C@]4(O[C@H](CC(=O)N5Cc6ccccc6C[C@H]5CO)[C@@H]([Si](C)(C)O)[C@@H]4C)c4cc(Cl)ccc43)cc2)cc1. The number of nitrogens with zero attached hydrogens (tertiary/aromatic N) is 2. The van der Waals surface area contributed by atoms with Crippen LogP contribution < -0.4 is 15.0 Å². The molecule has 0 saturated carbocycles. The van der Waals surface area contributed by atoms with Crippen molar-refractivity contribution in [3.63, 3.8) is 0 Å². The molecule has 1 fully saturated rings. The van der Waals surface area contributed by atoms with Gasteiger partial charge < -0.3 is 34.5 Å². The molecular weight excluding hydrogens is 710 g/mol. The third kappa shape index (κ3) is 6.76. The number of amides is 3. The summed E-state index contributed by atoms with van der Waals surface area (Å²) in [4.78, 5) is 57.0. The van der Waals surface area contributed by atoms with E-state index >= 15 is 0 Å². The van der Waals surface area contributed by atoms with E-state index in [0.29, 0.717) is 46.2 Å². The number of anilines is 2. The normalized spacial score (nSPS) is 23.6. The number of fused-ring (bicyclic) bond motifs is 3. The molecule has 10 nitrogen and oxygen atoms in total. The maximum Gasteiger partial charge on any atom is 0.264 e. The monoisotopic (exact) mass is 753 g/mol. The first kappa shape index (κ1) is 36.8. The van der Waals surface area contributed by atoms with Crippen LogP contribution in [0, 0.1) is 5.92 Å². The molecule has 276 valence electrons. The van der Waals surface area contributed by atoms with Gasteiger partial charge in [0.15, 0.2) is 13.9 Å². The molecule has 1 spiro atoms. The highest BCUT2D eigenvalue weighted by atomic mass is 35.5. The Morgan fingerprint density at radius 2 is 1.72 bits per heavy atom. The van der Waals surface area contributed by atoms with Crippen LogP contribution in [0.3, 0.4) is 0 Å². The number of halogens is 1. The summed E-state index contributed by atoms with van der Waals surface area (Å²) in [7, 11) is -1.47. The molecule has 0 radical (unpaired) electrons. The molecule has 7 rings (SSSR count). The summed E-state index contributed by atoms with van der Waals surface area (Å²) in [5.74, 6) is -0.549. The minimum Gasteiger partial charge on any atom is -0.497 e. The van der Waals surface area contributed by atoms with Crippen LogP contribution in [-0.4, -0.2) is 66.7 Å². The topological polar surface area (TPSA) is 129 Å². The number of hydrogen-bond acceptors (Lipinski definition) is 7. The highest BCUT2D eigenvalue weighted by molar-refractivity contribution is 6.71. The van der Waals surface area contributed by atoms with Gasteiger partial charge in [0, 0.05) is 39.8 Å². The minimum atomic E-state index is -3.04. The van der Waals surface area contributed by atoms with Gasteiger partial charge in [-0.05, 0) is 90.8 Å². The Morgan fingerprint density at radius 3 is 2.38 bits per heavy atom. The zero-order valence-corrected chi connectivity index (χ0v) is 32.0. The molecule has 12 heteroatoms. The molecular formula is C41H44ClN3O7Si. The molecule has 53 heavy (non-hydrogen) atoms. The van der Waals surface area contributed by atoms with Gasteiger partial charge in [0.05, 0.1) is 44.5 Å². The number of aliphatic hydroxyl groups excluding tert-OH is 1. The van der Waals surface area contributed by atoms with Crippen LogP contribution in [0.1, 0.15) is 46.0 Å². The van der Waals surface area contributed by atoms with Gasteiger partial charge in [0.25, 0.3) is 11.8 Å². The maximum atomic E-state index is 14.9. The average Bonchev–Trinajstić information content (AvgIpc) is 3.57. The lowest BCUT2D eigenvalue weighted by Crippen LogP contribution is -2.48. The van der Waals surface area contributed by atoms with Crippen LogP contribution in [0.15, 0.2) is 91.0 Å². The van der Waals surface area contributed by atoms with Crippen LogP contribution in [-0.2, 0) is 39.4 Å². The second-order valence-corrected chi connectivity index (χ2v) is 19.2. The molecule has 3 aliphatic rings. The zero-order valence-electron chi connectivity index (χ0n) is 30.2. The van der Waals surface area contributed by atoms with Crippen molar-refractivity contribution >= 4 is 49.0 Å². The maximum absolute atomic E-state index is 14.9. The molecule has 5 atom stereocenters. The molecule has 0 unspecified atom stereocenters. The van der Waals surface area contributed by atoms with Gasteiger partial charge >= 0.3 is 0 Å². The Hall–Kier alpha value is -4.52. The predicted octanol–water partition coefficient (Wildman–Crippen LogP) is 6.28. The van der Waals surface area contributed by atoms with E-state index in [2.05, 4.69) is 5.32 Å². The van der Waals surface area contributed by atoms with Gasteiger partial charge in [-0.2, -0.15) is 0 Å². The standard InChI is InChI=1S/C41H44ClN3O7Si/c1-25-38(53(3,4)50)36(21-37(47)44-23-29-8-6-5-7-28(29)19-32(44)24-46)52-41(25)34-20-30(42)13-18-35(34)45(40(41)49)22-26-9-14-31(15-10-26)43-39(48)27-11-16-33(51-2)17-12-27/h5-18,20,25,32,36,38,46,50H,19,21-24H2,1-4H3,(H,43,48)/t25-,32-,36+,38-,41+/m0/s1. The molecule has 1 saturated heterocycles. The van der Waals surface area contributed by atoms with Crippen LogP contribution in [0.25, 0.3) is 0 Å². The van der Waals surface area contributed by atoms with E-state index in [1.54, 1.807) is 65.4 Å².